The summed E-state index contributed by atoms with van der Waals surface area (Å²) in [7, 11) is 6.96. The Hall–Kier alpha value is -2.74. The fourth-order valence-electron chi connectivity index (χ4n) is 4.36. The molecule has 0 saturated carbocycles. The van der Waals surface area contributed by atoms with E-state index in [1.165, 1.54) is 12.8 Å². The zero-order valence-electron chi connectivity index (χ0n) is 20.8. The second-order valence-corrected chi connectivity index (χ2v) is 8.69. The van der Waals surface area contributed by atoms with Gasteiger partial charge in [0.2, 0.25) is 0 Å². The quantitative estimate of drug-likeness (QED) is 0.269. The van der Waals surface area contributed by atoms with Gasteiger partial charge < -0.3 is 24.0 Å². The van der Waals surface area contributed by atoms with Crippen molar-refractivity contribution < 1.29 is 19.0 Å². The summed E-state index contributed by atoms with van der Waals surface area (Å²) in [6, 6.07) is 10.6. The molecule has 1 fully saturated rings. The molecule has 0 aliphatic carbocycles. The number of hydrogen-bond acceptors (Lipinski definition) is 6. The molecule has 2 heterocycles. The molecule has 7 heteroatoms. The van der Waals surface area contributed by atoms with E-state index < -0.39 is 0 Å². The fraction of sp³-hybridized carbons (Fsp3) is 0.481. The van der Waals surface area contributed by atoms with Gasteiger partial charge in [-0.25, -0.2) is 0 Å². The number of carbonyl (C=O) groups excluding carboxylic acids is 1. The van der Waals surface area contributed by atoms with E-state index in [9.17, 15) is 4.79 Å². The lowest BCUT2D eigenvalue weighted by atomic mass is 10.1. The van der Waals surface area contributed by atoms with Crippen LogP contribution in [-0.2, 0) is 25.5 Å². The minimum absolute atomic E-state index is 0.0588. The van der Waals surface area contributed by atoms with Crippen LogP contribution in [0.1, 0.15) is 24.8 Å². The summed E-state index contributed by atoms with van der Waals surface area (Å²) in [5, 5.41) is 1.07. The predicted octanol–water partition coefficient (Wildman–Crippen LogP) is 3.80. The number of aromatic nitrogens is 1. The van der Waals surface area contributed by atoms with Crippen molar-refractivity contribution in [3.63, 3.8) is 0 Å². The van der Waals surface area contributed by atoms with Crippen LogP contribution in [0.5, 0.6) is 0 Å². The predicted molar refractivity (Wildman–Crippen MR) is 134 cm³/mol. The number of likely N-dealkylation sites (tertiary alicyclic amines) is 1. The maximum absolute atomic E-state index is 13.8. The minimum Gasteiger partial charge on any atom is -0.499 e. The van der Waals surface area contributed by atoms with E-state index in [-0.39, 0.29) is 12.5 Å². The Morgan fingerprint density at radius 3 is 2.76 bits per heavy atom. The largest absolute Gasteiger partial charge is 0.499 e. The monoisotopic (exact) mass is 467 g/mol. The topological polar surface area (TPSA) is 64.1 Å². The van der Waals surface area contributed by atoms with Crippen LogP contribution >= 0.6 is 0 Å². The number of pyridine rings is 1. The van der Waals surface area contributed by atoms with E-state index in [0.29, 0.717) is 37.1 Å². The molecule has 1 atom stereocenters. The van der Waals surface area contributed by atoms with Crippen LogP contribution in [0.15, 0.2) is 60.0 Å². The first kappa shape index (κ1) is 25.9. The average Bonchev–Trinajstić information content (AvgIpc) is 3.27. The van der Waals surface area contributed by atoms with Gasteiger partial charge in [-0.2, -0.15) is 0 Å². The Morgan fingerprint density at radius 2 is 2.06 bits per heavy atom. The average molecular weight is 468 g/mol. The Bertz CT molecular complexity index is 1000. The van der Waals surface area contributed by atoms with Gasteiger partial charge in [0.05, 0.1) is 19.2 Å². The molecule has 1 aromatic carbocycles. The summed E-state index contributed by atoms with van der Waals surface area (Å²) in [6.45, 7) is 2.88. The smallest absolute Gasteiger partial charge is 0.254 e. The van der Waals surface area contributed by atoms with E-state index in [1.54, 1.807) is 33.5 Å². The number of hydrogen-bond donors (Lipinski definition) is 0. The molecule has 1 aliphatic rings. The molecule has 3 rings (SSSR count). The van der Waals surface area contributed by atoms with Crippen molar-refractivity contribution in [1.29, 1.82) is 0 Å². The van der Waals surface area contributed by atoms with Crippen molar-refractivity contribution in [3.8, 4) is 0 Å². The normalized spacial score (nSPS) is 17.4. The van der Waals surface area contributed by atoms with Gasteiger partial charge in [-0.3, -0.25) is 9.78 Å². The number of methoxy groups -OCH3 is 3. The van der Waals surface area contributed by atoms with E-state index in [0.717, 1.165) is 29.4 Å². The summed E-state index contributed by atoms with van der Waals surface area (Å²) < 4.78 is 15.9. The van der Waals surface area contributed by atoms with E-state index in [4.69, 9.17) is 14.2 Å². The highest BCUT2D eigenvalue weighted by atomic mass is 16.5. The summed E-state index contributed by atoms with van der Waals surface area (Å²) >= 11 is 0. The second-order valence-electron chi connectivity index (χ2n) is 8.69. The lowest BCUT2D eigenvalue weighted by molar-refractivity contribution is -0.127. The third-order valence-electron chi connectivity index (χ3n) is 6.29. The number of amides is 1. The van der Waals surface area contributed by atoms with Crippen LogP contribution in [0.2, 0.25) is 0 Å². The third-order valence-corrected chi connectivity index (χ3v) is 6.29. The van der Waals surface area contributed by atoms with Crippen molar-refractivity contribution in [1.82, 2.24) is 14.8 Å². The molecule has 0 bridgehead atoms. The molecule has 7 nitrogen and oxygen atoms in total. The van der Waals surface area contributed by atoms with Crippen molar-refractivity contribution in [2.45, 2.75) is 31.8 Å². The van der Waals surface area contributed by atoms with Crippen LogP contribution in [0.3, 0.4) is 0 Å². The van der Waals surface area contributed by atoms with Crippen LogP contribution in [0.25, 0.3) is 10.9 Å². The Labute approximate surface area is 203 Å². The lowest BCUT2D eigenvalue weighted by Crippen LogP contribution is -2.36. The van der Waals surface area contributed by atoms with Crippen molar-refractivity contribution in [3.05, 3.63) is 65.6 Å². The highest BCUT2D eigenvalue weighted by Crippen LogP contribution is 2.21. The van der Waals surface area contributed by atoms with Gasteiger partial charge in [0, 0.05) is 50.5 Å². The molecule has 1 aliphatic heterocycles. The molecule has 0 radical (unpaired) electrons. The molecular weight excluding hydrogens is 430 g/mol. The first-order valence-corrected chi connectivity index (χ1v) is 11.8. The number of nitrogens with zero attached hydrogens (tertiary/aromatic N) is 3. The lowest BCUT2D eigenvalue weighted by Gasteiger charge is -2.27. The standard InChI is InChI=1S/C27H37N3O4/c1-29-13-7-9-24(29)11-14-30(19-21-16-22-8-5-6-10-26(22)28-18-21)27(31)23(12-15-32-2)17-25(34-4)20-33-3/h5-6,8,10,12,16-18,24H,7,9,11,13-15,19-20H2,1-4H3/b23-12+,25-17+. The van der Waals surface area contributed by atoms with Gasteiger partial charge in [0.25, 0.3) is 5.91 Å². The molecule has 2 aromatic rings. The molecule has 34 heavy (non-hydrogen) atoms. The van der Waals surface area contributed by atoms with Crippen LogP contribution in [0.4, 0.5) is 0 Å². The van der Waals surface area contributed by atoms with Crippen molar-refractivity contribution in [2.75, 3.05) is 54.7 Å². The number of benzene rings is 1. The number of carbonyl (C=O) groups is 1. The SMILES string of the molecule is COC/C=C(\C=C(/COC)OC)C(=O)N(CCC1CCCN1C)Cc1cnc2ccccc2c1. The molecule has 1 unspecified atom stereocenters. The van der Waals surface area contributed by atoms with E-state index in [2.05, 4.69) is 23.0 Å². The first-order chi connectivity index (χ1) is 16.5. The highest BCUT2D eigenvalue weighted by molar-refractivity contribution is 5.96. The number of para-hydroxylation sites is 1. The Kier molecular flexibility index (Phi) is 10.1. The summed E-state index contributed by atoms with van der Waals surface area (Å²) in [4.78, 5) is 22.7. The molecule has 1 amide bonds. The Balaban J connectivity index is 1.87. The molecule has 184 valence electrons. The molecule has 0 spiro atoms. The maximum Gasteiger partial charge on any atom is 0.254 e. The van der Waals surface area contributed by atoms with E-state index >= 15 is 0 Å². The maximum atomic E-state index is 13.8. The Morgan fingerprint density at radius 1 is 1.24 bits per heavy atom. The molecule has 1 saturated heterocycles. The van der Waals surface area contributed by atoms with Gasteiger partial charge >= 0.3 is 0 Å². The van der Waals surface area contributed by atoms with Gasteiger partial charge in [-0.1, -0.05) is 18.2 Å². The van der Waals surface area contributed by atoms with E-state index in [1.807, 2.05) is 35.4 Å². The molecule has 1 aromatic heterocycles. The number of ether oxygens (including phenoxy) is 3. The first-order valence-electron chi connectivity index (χ1n) is 11.8. The van der Waals surface area contributed by atoms with Gasteiger partial charge in [-0.15, -0.1) is 0 Å². The number of rotatable bonds is 12. The third kappa shape index (κ3) is 7.13. The molecular formula is C27H37N3O4. The summed E-state index contributed by atoms with van der Waals surface area (Å²) in [5.41, 5.74) is 2.49. The second kappa shape index (κ2) is 13.2. The fourth-order valence-corrected chi connectivity index (χ4v) is 4.36. The van der Waals surface area contributed by atoms with Gasteiger partial charge in [0.1, 0.15) is 12.4 Å². The zero-order valence-corrected chi connectivity index (χ0v) is 20.8. The molecule has 0 N–H and O–H groups in total. The van der Waals surface area contributed by atoms with Gasteiger partial charge in [0.15, 0.2) is 0 Å². The summed E-state index contributed by atoms with van der Waals surface area (Å²) in [5.74, 6) is 0.526. The van der Waals surface area contributed by atoms with Crippen molar-refractivity contribution in [2.24, 2.45) is 0 Å². The van der Waals surface area contributed by atoms with Crippen LogP contribution in [0, 0.1) is 0 Å². The minimum atomic E-state index is -0.0588. The van der Waals surface area contributed by atoms with Crippen LogP contribution < -0.4 is 0 Å². The van der Waals surface area contributed by atoms with Crippen LogP contribution in [-0.4, -0.2) is 81.4 Å². The highest BCUT2D eigenvalue weighted by Gasteiger charge is 2.24. The van der Waals surface area contributed by atoms with Gasteiger partial charge in [-0.05, 0) is 62.7 Å². The number of fused-ring (bicyclic) bond motifs is 1. The zero-order chi connectivity index (χ0) is 24.3. The van der Waals surface area contributed by atoms with Crippen molar-refractivity contribution >= 4 is 16.8 Å². The summed E-state index contributed by atoms with van der Waals surface area (Å²) in [6.07, 6.45) is 8.72.